The summed E-state index contributed by atoms with van der Waals surface area (Å²) >= 11 is 1.42. The van der Waals surface area contributed by atoms with E-state index < -0.39 is 87.9 Å². The van der Waals surface area contributed by atoms with Crippen molar-refractivity contribution < 1.29 is 38.0 Å². The number of carbonyl (C=O) groups excluding carboxylic acids is 7. The van der Waals surface area contributed by atoms with Gasteiger partial charge in [0.25, 0.3) is 5.91 Å². The molecule has 1 aliphatic carbocycles. The zero-order chi connectivity index (χ0) is 58.6. The Morgan fingerprint density at radius 1 is 0.762 bits per heavy atom. The van der Waals surface area contributed by atoms with Crippen LogP contribution in [0.5, 0.6) is 0 Å². The molecule has 0 bridgehead atoms. The largest absolute Gasteiger partial charge is 0.351 e. The zero-order valence-corrected chi connectivity index (χ0v) is 49.3. The highest BCUT2D eigenvalue weighted by atomic mass is 32.2. The molecule has 9 atom stereocenters. The lowest BCUT2D eigenvalue weighted by atomic mass is 9.85. The van der Waals surface area contributed by atoms with Crippen LogP contribution in [0.1, 0.15) is 126 Å². The molecule has 18 heteroatoms. The van der Waals surface area contributed by atoms with Crippen LogP contribution in [0.4, 0.5) is 4.39 Å². The molecule has 80 heavy (non-hydrogen) atoms. The highest BCUT2D eigenvalue weighted by molar-refractivity contribution is 8.00. The van der Waals surface area contributed by atoms with E-state index >= 15 is 14.0 Å². The molecule has 1 fully saturated rings. The fourth-order valence-electron chi connectivity index (χ4n) is 10.4. The molecule has 7 amide bonds. The number of fused-ring (bicyclic) bond motifs is 1. The molecule has 16 nitrogen and oxygen atoms in total. The second-order valence-electron chi connectivity index (χ2n) is 23.1. The van der Waals surface area contributed by atoms with Crippen LogP contribution in [0.2, 0.25) is 0 Å². The van der Waals surface area contributed by atoms with Gasteiger partial charge in [-0.15, -0.1) is 0 Å². The van der Waals surface area contributed by atoms with Crippen LogP contribution >= 0.6 is 11.8 Å². The van der Waals surface area contributed by atoms with Crippen LogP contribution in [0.3, 0.4) is 0 Å². The lowest BCUT2D eigenvalue weighted by Crippen LogP contribution is -2.63. The maximum absolute atomic E-state index is 15.8. The second-order valence-corrected chi connectivity index (χ2v) is 24.5. The van der Waals surface area contributed by atoms with Crippen molar-refractivity contribution in [2.24, 2.45) is 5.41 Å². The molecular formula is C62H84FN9O7S. The van der Waals surface area contributed by atoms with Gasteiger partial charge in [0, 0.05) is 54.0 Å². The summed E-state index contributed by atoms with van der Waals surface area (Å²) in [5.74, 6) is -3.33. The first-order valence-electron chi connectivity index (χ1n) is 27.8. The predicted octanol–water partition coefficient (Wildman–Crippen LogP) is 6.67. The average Bonchev–Trinajstić information content (AvgIpc) is 3.92. The Morgan fingerprint density at radius 2 is 1.38 bits per heavy atom. The maximum atomic E-state index is 15.8. The second kappa shape index (κ2) is 27.7. The number of allylic oxidation sites excluding steroid dienone is 4. The Morgan fingerprint density at radius 3 is 2.00 bits per heavy atom. The summed E-state index contributed by atoms with van der Waals surface area (Å²) in [5, 5.41) is 18.0. The molecule has 2 heterocycles. The molecule has 0 spiro atoms. The van der Waals surface area contributed by atoms with Gasteiger partial charge in [-0.1, -0.05) is 112 Å². The topological polar surface area (TPSA) is 201 Å². The zero-order valence-electron chi connectivity index (χ0n) is 48.5. The molecule has 3 aliphatic rings. The average molecular weight is 1120 g/mol. The molecule has 6 rings (SSSR count). The summed E-state index contributed by atoms with van der Waals surface area (Å²) < 4.78 is 15.0. The van der Waals surface area contributed by atoms with Crippen molar-refractivity contribution in [1.82, 2.24) is 46.6 Å². The van der Waals surface area contributed by atoms with Crippen LogP contribution in [-0.2, 0) is 48.3 Å². The molecule has 1 saturated heterocycles. The number of nitrogens with one attached hydrogen (secondary N) is 6. The van der Waals surface area contributed by atoms with Crippen LogP contribution in [0.25, 0.3) is 0 Å². The Balaban J connectivity index is 1.28. The van der Waals surface area contributed by atoms with E-state index in [1.54, 1.807) is 87.1 Å². The fraction of sp³-hybridized carbons (Fsp3) is 0.500. The lowest BCUT2D eigenvalue weighted by molar-refractivity contribution is -0.151. The summed E-state index contributed by atoms with van der Waals surface area (Å²) in [6.45, 7) is 18.7. The van der Waals surface area contributed by atoms with Gasteiger partial charge < -0.3 is 46.6 Å². The summed E-state index contributed by atoms with van der Waals surface area (Å²) in [6.07, 6.45) is 12.8. The van der Waals surface area contributed by atoms with Gasteiger partial charge in [0.05, 0.1) is 18.1 Å². The number of thioether (sulfide) groups is 1. The number of benzene rings is 3. The fourth-order valence-corrected chi connectivity index (χ4v) is 10.8. The van der Waals surface area contributed by atoms with Crippen LogP contribution in [0.15, 0.2) is 109 Å². The number of hydrogen-bond acceptors (Lipinski definition) is 10. The Kier molecular flexibility index (Phi) is 21.7. The number of rotatable bonds is 19. The number of nitrogens with zero attached hydrogens (tertiary/aromatic N) is 3. The van der Waals surface area contributed by atoms with E-state index in [0.717, 1.165) is 29.5 Å². The highest BCUT2D eigenvalue weighted by Crippen LogP contribution is 2.34. The van der Waals surface area contributed by atoms with Crippen molar-refractivity contribution in [3.8, 4) is 0 Å². The third-order valence-corrected chi connectivity index (χ3v) is 17.2. The molecule has 432 valence electrons. The molecule has 0 saturated carbocycles. The van der Waals surface area contributed by atoms with Gasteiger partial charge in [-0.2, -0.15) is 11.8 Å². The Hall–Kier alpha value is -6.63. The molecule has 2 aliphatic heterocycles. The van der Waals surface area contributed by atoms with Crippen molar-refractivity contribution >= 4 is 53.1 Å². The quantitative estimate of drug-likeness (QED) is 0.0754. The summed E-state index contributed by atoms with van der Waals surface area (Å²) in [7, 11) is 3.32. The standard InChI is InChI=1S/C62H84FN9O7S/c1-38-21-14-13-15-25-46(26-20-22-38)66-57(76)50-34-47(37-72(50)59(78)52(61(5,6)7)68-54(73)39(2)64-10)67-56(75)43-31-29-42(30-32-43)35-70(41(4)48-27-18-19-28-49(48)63)58(77)51-33-44-23-16-17-24-45(44)36-71(51)60(79)53(62(8,9)80-12)69-55(74)40(3)65-11/h13-19,21,23-24,27-32,39-41,46-47,50-53,64-65H,1,20,22,25-26,33-37H2,2-12H3,(H,66,76)(H,67,75)(H,68,73)(H,69,74)/b15-13-,21-14-/t39-,40-,41+,46-,47-,50-,51-,52+,53+/m0/s1. The van der Waals surface area contributed by atoms with Gasteiger partial charge in [-0.05, 0) is 127 Å². The van der Waals surface area contributed by atoms with E-state index in [2.05, 4.69) is 38.5 Å². The minimum atomic E-state index is -1.04. The monoisotopic (exact) mass is 1120 g/mol. The number of halogens is 1. The molecule has 0 unspecified atom stereocenters. The van der Waals surface area contributed by atoms with Crippen molar-refractivity contribution in [3.05, 3.63) is 143 Å². The van der Waals surface area contributed by atoms with E-state index in [1.165, 1.54) is 22.7 Å². The van der Waals surface area contributed by atoms with Gasteiger partial charge in [-0.3, -0.25) is 33.6 Å². The first-order chi connectivity index (χ1) is 37.9. The number of amides is 7. The molecular weight excluding hydrogens is 1030 g/mol. The smallest absolute Gasteiger partial charge is 0.251 e. The first-order valence-corrected chi connectivity index (χ1v) is 29.1. The van der Waals surface area contributed by atoms with Crippen molar-refractivity contribution in [2.75, 3.05) is 26.9 Å². The number of hydrogen-bond donors (Lipinski definition) is 6. The minimum absolute atomic E-state index is 0.00704. The van der Waals surface area contributed by atoms with E-state index in [1.807, 2.05) is 89.4 Å². The van der Waals surface area contributed by atoms with Gasteiger partial charge in [-0.25, -0.2) is 4.39 Å². The number of likely N-dealkylation sites (N-methyl/N-ethyl adjacent to an activating group) is 2. The summed E-state index contributed by atoms with van der Waals surface area (Å²) in [4.78, 5) is 105. The molecule has 6 N–H and O–H groups in total. The van der Waals surface area contributed by atoms with E-state index in [4.69, 9.17) is 0 Å². The Bertz CT molecular complexity index is 2800. The van der Waals surface area contributed by atoms with E-state index in [0.29, 0.717) is 18.4 Å². The lowest BCUT2D eigenvalue weighted by Gasteiger charge is -2.43. The van der Waals surface area contributed by atoms with E-state index in [9.17, 15) is 24.0 Å². The molecule has 3 aromatic carbocycles. The van der Waals surface area contributed by atoms with Crippen molar-refractivity contribution in [3.63, 3.8) is 0 Å². The molecule has 0 radical (unpaired) electrons. The normalized spacial score (nSPS) is 21.3. The minimum Gasteiger partial charge on any atom is -0.351 e. The maximum Gasteiger partial charge on any atom is 0.251 e. The SMILES string of the molecule is C=C1/C=C\C=C/C[C@H](NC(=O)[C@@H]2C[C@H](NC(=O)c3ccc(CN(C(=O)[C@@H]4Cc5ccccc5CN4C(=O)[C@@H](NC(=O)[C@H](C)NC)C(C)(C)SC)[C@H](C)c4ccccc4F)cc3)CN2C(=O)[C@@H](NC(=O)[C@H](C)NC)C(C)(C)C)CCC1. The van der Waals surface area contributed by atoms with Crippen LogP contribution in [0, 0.1) is 11.2 Å². The van der Waals surface area contributed by atoms with Crippen molar-refractivity contribution in [1.29, 1.82) is 0 Å². The first kappa shape index (κ1) is 62.6. The van der Waals surface area contributed by atoms with Gasteiger partial charge in [0.2, 0.25) is 35.4 Å². The number of likely N-dealkylation sites (tertiary alicyclic amines) is 1. The Labute approximate surface area is 477 Å². The van der Waals surface area contributed by atoms with Gasteiger partial charge >= 0.3 is 0 Å². The summed E-state index contributed by atoms with van der Waals surface area (Å²) in [5.41, 5.74) is 3.18. The van der Waals surface area contributed by atoms with Gasteiger partial charge in [0.15, 0.2) is 0 Å². The third kappa shape index (κ3) is 15.6. The third-order valence-electron chi connectivity index (χ3n) is 15.9. The van der Waals surface area contributed by atoms with Crippen molar-refractivity contribution in [2.45, 2.75) is 166 Å². The van der Waals surface area contributed by atoms with Crippen LogP contribution in [-0.4, -0.2) is 136 Å². The summed E-state index contributed by atoms with van der Waals surface area (Å²) in [6, 6.07) is 13.7. The molecule has 0 aromatic heterocycles. The van der Waals surface area contributed by atoms with E-state index in [-0.39, 0.29) is 67.4 Å². The van der Waals surface area contributed by atoms with Gasteiger partial charge in [0.1, 0.15) is 30.0 Å². The van der Waals surface area contributed by atoms with Crippen LogP contribution < -0.4 is 31.9 Å². The number of carbonyl (C=O) groups is 7. The predicted molar refractivity (Wildman–Crippen MR) is 313 cm³/mol. The highest BCUT2D eigenvalue weighted by Gasteiger charge is 2.47. The molecule has 3 aromatic rings.